The zero-order valence-corrected chi connectivity index (χ0v) is 12.3. The van der Waals surface area contributed by atoms with Gasteiger partial charge in [-0.25, -0.2) is 10.3 Å². The van der Waals surface area contributed by atoms with E-state index < -0.39 is 0 Å². The maximum atomic E-state index is 12.0. The molecule has 4 rings (SSSR count). The van der Waals surface area contributed by atoms with Crippen LogP contribution in [0.15, 0.2) is 0 Å². The van der Waals surface area contributed by atoms with Crippen molar-refractivity contribution in [2.45, 2.75) is 70.4 Å². The first-order chi connectivity index (χ1) is 8.84. The average molecular weight is 266 g/mol. The summed E-state index contributed by atoms with van der Waals surface area (Å²) < 4.78 is 0. The van der Waals surface area contributed by atoms with E-state index in [1.54, 1.807) is 0 Å². The molecule has 0 aromatic carbocycles. The Balaban J connectivity index is 1.59. The predicted octanol–water partition coefficient (Wildman–Crippen LogP) is 2.98. The lowest BCUT2D eigenvalue weighted by Crippen LogP contribution is -2.61. The molecule has 4 bridgehead atoms. The number of hydroxylamine groups is 1. The summed E-state index contributed by atoms with van der Waals surface area (Å²) in [6.45, 7) is 5.79. The summed E-state index contributed by atoms with van der Waals surface area (Å²) in [5.74, 6) is 2.53. The molecule has 2 N–H and O–H groups in total. The zero-order valence-electron chi connectivity index (χ0n) is 12.3. The molecule has 4 heteroatoms. The molecule has 4 aliphatic carbocycles. The van der Waals surface area contributed by atoms with Crippen LogP contribution in [0.3, 0.4) is 0 Å². The van der Waals surface area contributed by atoms with E-state index in [0.717, 1.165) is 17.8 Å². The van der Waals surface area contributed by atoms with Crippen LogP contribution in [0.2, 0.25) is 0 Å². The molecule has 4 saturated carbocycles. The third-order valence-electron chi connectivity index (χ3n) is 4.87. The minimum Gasteiger partial charge on any atom is -0.331 e. The van der Waals surface area contributed by atoms with Crippen molar-refractivity contribution in [1.29, 1.82) is 0 Å². The first kappa shape index (κ1) is 13.2. The van der Waals surface area contributed by atoms with Gasteiger partial charge in [-0.1, -0.05) is 0 Å². The summed E-state index contributed by atoms with van der Waals surface area (Å²) in [7, 11) is 0. The van der Waals surface area contributed by atoms with Crippen LogP contribution in [0.1, 0.15) is 59.3 Å². The van der Waals surface area contributed by atoms with Crippen LogP contribution in [0.25, 0.3) is 0 Å². The van der Waals surface area contributed by atoms with Gasteiger partial charge in [0.1, 0.15) is 0 Å². The monoisotopic (exact) mass is 266 g/mol. The molecule has 0 aliphatic heterocycles. The van der Waals surface area contributed by atoms with Crippen LogP contribution >= 0.6 is 0 Å². The highest BCUT2D eigenvalue weighted by Gasteiger charge is 2.51. The van der Waals surface area contributed by atoms with Crippen molar-refractivity contribution in [3.63, 3.8) is 0 Å². The molecule has 0 unspecified atom stereocenters. The number of nitrogens with one attached hydrogen (secondary N) is 2. The molecule has 0 saturated heterocycles. The minimum absolute atomic E-state index is 0.0556. The fourth-order valence-corrected chi connectivity index (χ4v) is 4.73. The summed E-state index contributed by atoms with van der Waals surface area (Å²) >= 11 is 0. The summed E-state index contributed by atoms with van der Waals surface area (Å²) in [6.07, 6.45) is 7.68. The van der Waals surface area contributed by atoms with Gasteiger partial charge >= 0.3 is 6.03 Å². The summed E-state index contributed by atoms with van der Waals surface area (Å²) in [6, 6.07) is -0.170. The van der Waals surface area contributed by atoms with Crippen LogP contribution in [-0.2, 0) is 4.84 Å². The zero-order chi connectivity index (χ0) is 13.7. The van der Waals surface area contributed by atoms with Crippen LogP contribution in [-0.4, -0.2) is 17.2 Å². The molecule has 0 atom stereocenters. The number of carbonyl (C=O) groups is 1. The Morgan fingerprint density at radius 3 is 1.95 bits per heavy atom. The number of carbonyl (C=O) groups excluding carboxylic acids is 1. The van der Waals surface area contributed by atoms with E-state index >= 15 is 0 Å². The van der Waals surface area contributed by atoms with E-state index in [9.17, 15) is 4.79 Å². The second-order valence-corrected chi connectivity index (χ2v) is 7.97. The van der Waals surface area contributed by atoms with E-state index in [4.69, 9.17) is 4.84 Å². The predicted molar refractivity (Wildman–Crippen MR) is 73.4 cm³/mol. The first-order valence-corrected chi connectivity index (χ1v) is 7.60. The number of rotatable bonds is 2. The van der Waals surface area contributed by atoms with Gasteiger partial charge in [-0.05, 0) is 77.0 Å². The standard InChI is InChI=1S/C15H26N2O2/c1-14(2,3)19-17-13(18)16-15-7-10-4-11(8-15)6-12(5-10)9-15/h10-12H,4-9H2,1-3H3,(H2,16,17,18). The molecule has 0 spiro atoms. The summed E-state index contributed by atoms with van der Waals surface area (Å²) in [4.78, 5) is 17.4. The van der Waals surface area contributed by atoms with Crippen molar-refractivity contribution < 1.29 is 9.63 Å². The van der Waals surface area contributed by atoms with Gasteiger partial charge in [0.25, 0.3) is 0 Å². The summed E-state index contributed by atoms with van der Waals surface area (Å²) in [5.41, 5.74) is 2.25. The van der Waals surface area contributed by atoms with Crippen molar-refractivity contribution in [2.75, 3.05) is 0 Å². The molecule has 19 heavy (non-hydrogen) atoms. The topological polar surface area (TPSA) is 50.4 Å². The highest BCUT2D eigenvalue weighted by atomic mass is 16.7. The molecule has 4 fully saturated rings. The Bertz CT molecular complexity index is 338. The van der Waals surface area contributed by atoms with Crippen molar-refractivity contribution >= 4 is 6.03 Å². The Labute approximate surface area is 115 Å². The Morgan fingerprint density at radius 2 is 1.53 bits per heavy atom. The second kappa shape index (κ2) is 4.37. The Hall–Kier alpha value is -0.770. The van der Waals surface area contributed by atoms with Crippen LogP contribution in [0.4, 0.5) is 4.79 Å². The second-order valence-electron chi connectivity index (χ2n) is 7.97. The fourth-order valence-electron chi connectivity index (χ4n) is 4.73. The van der Waals surface area contributed by atoms with Crippen LogP contribution < -0.4 is 10.8 Å². The van der Waals surface area contributed by atoms with Crippen molar-refractivity contribution in [2.24, 2.45) is 17.8 Å². The van der Waals surface area contributed by atoms with E-state index in [-0.39, 0.29) is 17.2 Å². The lowest BCUT2D eigenvalue weighted by atomic mass is 9.53. The molecular formula is C15H26N2O2. The van der Waals surface area contributed by atoms with Gasteiger partial charge in [0, 0.05) is 5.54 Å². The van der Waals surface area contributed by atoms with Gasteiger partial charge in [-0.3, -0.25) is 4.84 Å². The number of urea groups is 1. The van der Waals surface area contributed by atoms with E-state index in [0.29, 0.717) is 0 Å². The van der Waals surface area contributed by atoms with Crippen LogP contribution in [0.5, 0.6) is 0 Å². The van der Waals surface area contributed by atoms with Gasteiger partial charge in [0.05, 0.1) is 5.60 Å². The molecule has 0 heterocycles. The molecule has 108 valence electrons. The first-order valence-electron chi connectivity index (χ1n) is 7.60. The third kappa shape index (κ3) is 2.88. The SMILES string of the molecule is CC(C)(C)ONC(=O)NC12CC3CC(CC(C3)C1)C2. The molecule has 2 amide bonds. The maximum absolute atomic E-state index is 12.0. The average Bonchev–Trinajstić information content (AvgIpc) is 2.22. The van der Waals surface area contributed by atoms with Gasteiger partial charge in [-0.15, -0.1) is 0 Å². The van der Waals surface area contributed by atoms with E-state index in [1.807, 2.05) is 20.8 Å². The maximum Gasteiger partial charge on any atom is 0.339 e. The third-order valence-corrected chi connectivity index (χ3v) is 4.87. The quantitative estimate of drug-likeness (QED) is 0.755. The van der Waals surface area contributed by atoms with E-state index in [2.05, 4.69) is 10.8 Å². The van der Waals surface area contributed by atoms with Gasteiger partial charge in [0.15, 0.2) is 0 Å². The molecule has 0 radical (unpaired) electrons. The number of hydrogen-bond donors (Lipinski definition) is 2. The van der Waals surface area contributed by atoms with Gasteiger partial charge < -0.3 is 5.32 Å². The van der Waals surface area contributed by atoms with Crippen molar-refractivity contribution in [3.05, 3.63) is 0 Å². The molecular weight excluding hydrogens is 240 g/mol. The van der Waals surface area contributed by atoms with E-state index in [1.165, 1.54) is 38.5 Å². The molecule has 0 aromatic heterocycles. The minimum atomic E-state index is -0.348. The smallest absolute Gasteiger partial charge is 0.331 e. The van der Waals surface area contributed by atoms with Crippen molar-refractivity contribution in [3.8, 4) is 0 Å². The Morgan fingerprint density at radius 1 is 1.05 bits per heavy atom. The number of hydrogen-bond acceptors (Lipinski definition) is 2. The van der Waals surface area contributed by atoms with Crippen LogP contribution in [0, 0.1) is 17.8 Å². The Kier molecular flexibility index (Phi) is 3.04. The molecule has 4 nitrogen and oxygen atoms in total. The molecule has 0 aromatic rings. The highest BCUT2D eigenvalue weighted by molar-refractivity contribution is 5.73. The van der Waals surface area contributed by atoms with Gasteiger partial charge in [-0.2, -0.15) is 0 Å². The highest BCUT2D eigenvalue weighted by Crippen LogP contribution is 2.55. The fraction of sp³-hybridized carbons (Fsp3) is 0.933. The lowest BCUT2D eigenvalue weighted by Gasteiger charge is -2.56. The van der Waals surface area contributed by atoms with Crippen molar-refractivity contribution in [1.82, 2.24) is 10.8 Å². The lowest BCUT2D eigenvalue weighted by molar-refractivity contribution is -0.0599. The molecule has 4 aliphatic rings. The van der Waals surface area contributed by atoms with Gasteiger partial charge in [0.2, 0.25) is 0 Å². The summed E-state index contributed by atoms with van der Waals surface area (Å²) in [5, 5.41) is 3.22. The number of amides is 2. The normalized spacial score (nSPS) is 40.3. The largest absolute Gasteiger partial charge is 0.339 e.